The Morgan fingerprint density at radius 1 is 1.30 bits per heavy atom. The van der Waals surface area contributed by atoms with E-state index in [1.165, 1.54) is 6.33 Å². The Kier molecular flexibility index (Phi) is 3.99. The lowest BCUT2D eigenvalue weighted by molar-refractivity contribution is -0.383. The maximum atomic E-state index is 11.2. The van der Waals surface area contributed by atoms with Crippen LogP contribution in [0.1, 0.15) is 5.56 Å². The first-order chi connectivity index (χ1) is 9.54. The molecule has 2 rings (SSSR count). The molecule has 0 spiro atoms. The Hall–Kier alpha value is -2.41. The molecule has 0 aliphatic rings. The van der Waals surface area contributed by atoms with E-state index in [2.05, 4.69) is 20.6 Å². The van der Waals surface area contributed by atoms with E-state index >= 15 is 0 Å². The van der Waals surface area contributed by atoms with Crippen molar-refractivity contribution < 1.29 is 4.92 Å². The molecule has 0 aliphatic heterocycles. The molecular weight excluding hydrogens is 282 g/mol. The molecule has 0 fully saturated rings. The van der Waals surface area contributed by atoms with E-state index in [1.807, 2.05) is 6.92 Å². The van der Waals surface area contributed by atoms with E-state index in [0.29, 0.717) is 10.7 Å². The molecule has 20 heavy (non-hydrogen) atoms. The molecule has 7 nitrogen and oxygen atoms in total. The van der Waals surface area contributed by atoms with Crippen LogP contribution in [0.15, 0.2) is 24.5 Å². The molecule has 1 aromatic carbocycles. The molecule has 0 amide bonds. The van der Waals surface area contributed by atoms with Gasteiger partial charge < -0.3 is 10.6 Å². The quantitative estimate of drug-likeness (QED) is 0.664. The number of hydrogen-bond donors (Lipinski definition) is 2. The number of rotatable bonds is 4. The Morgan fingerprint density at radius 3 is 2.65 bits per heavy atom. The van der Waals surface area contributed by atoms with Crippen molar-refractivity contribution in [2.45, 2.75) is 6.92 Å². The lowest BCUT2D eigenvalue weighted by Crippen LogP contribution is -2.05. The molecule has 2 aromatic rings. The van der Waals surface area contributed by atoms with Gasteiger partial charge in [0.05, 0.1) is 4.92 Å². The SMILES string of the molecule is CNc1ncnc(Nc2cccc(Cl)c2C)c1[N+](=O)[O-]. The van der Waals surface area contributed by atoms with E-state index in [1.54, 1.807) is 25.2 Å². The van der Waals surface area contributed by atoms with Crippen LogP contribution in [0.25, 0.3) is 0 Å². The molecule has 1 aromatic heterocycles. The topological polar surface area (TPSA) is 93.0 Å². The van der Waals surface area contributed by atoms with Crippen LogP contribution in [-0.4, -0.2) is 21.9 Å². The summed E-state index contributed by atoms with van der Waals surface area (Å²) in [5, 5.41) is 17.3. The summed E-state index contributed by atoms with van der Waals surface area (Å²) >= 11 is 6.02. The average molecular weight is 294 g/mol. The van der Waals surface area contributed by atoms with Crippen LogP contribution in [0.3, 0.4) is 0 Å². The van der Waals surface area contributed by atoms with Crippen LogP contribution in [-0.2, 0) is 0 Å². The number of benzene rings is 1. The Morgan fingerprint density at radius 2 is 2.00 bits per heavy atom. The van der Waals surface area contributed by atoms with Crippen molar-refractivity contribution in [3.05, 3.63) is 45.2 Å². The highest BCUT2D eigenvalue weighted by Gasteiger charge is 2.22. The zero-order valence-corrected chi connectivity index (χ0v) is 11.6. The molecule has 0 saturated carbocycles. The van der Waals surface area contributed by atoms with Crippen molar-refractivity contribution in [1.82, 2.24) is 9.97 Å². The van der Waals surface area contributed by atoms with E-state index in [0.717, 1.165) is 5.56 Å². The fourth-order valence-electron chi connectivity index (χ4n) is 1.70. The van der Waals surface area contributed by atoms with Crippen molar-refractivity contribution in [3.63, 3.8) is 0 Å². The van der Waals surface area contributed by atoms with Gasteiger partial charge in [-0.15, -0.1) is 0 Å². The third kappa shape index (κ3) is 2.62. The highest BCUT2D eigenvalue weighted by atomic mass is 35.5. The third-order valence-electron chi connectivity index (χ3n) is 2.76. The second-order valence-electron chi connectivity index (χ2n) is 3.96. The number of aromatic nitrogens is 2. The van der Waals surface area contributed by atoms with Gasteiger partial charge in [-0.05, 0) is 24.6 Å². The number of nitrogens with one attached hydrogen (secondary N) is 2. The second kappa shape index (κ2) is 5.70. The van der Waals surface area contributed by atoms with Crippen LogP contribution in [0, 0.1) is 17.0 Å². The van der Waals surface area contributed by atoms with Gasteiger partial charge in [-0.1, -0.05) is 17.7 Å². The molecule has 2 N–H and O–H groups in total. The monoisotopic (exact) mass is 293 g/mol. The maximum absolute atomic E-state index is 11.2. The van der Waals surface area contributed by atoms with Crippen molar-refractivity contribution in [3.8, 4) is 0 Å². The predicted octanol–water partition coefficient (Wildman–Crippen LogP) is 3.13. The normalized spacial score (nSPS) is 10.2. The highest BCUT2D eigenvalue weighted by Crippen LogP contribution is 2.32. The zero-order chi connectivity index (χ0) is 14.7. The van der Waals surface area contributed by atoms with Gasteiger partial charge in [0.15, 0.2) is 0 Å². The predicted molar refractivity (Wildman–Crippen MR) is 77.7 cm³/mol. The van der Waals surface area contributed by atoms with Crippen LogP contribution >= 0.6 is 11.6 Å². The number of halogens is 1. The number of hydrogen-bond acceptors (Lipinski definition) is 6. The van der Waals surface area contributed by atoms with Gasteiger partial charge >= 0.3 is 5.69 Å². The highest BCUT2D eigenvalue weighted by molar-refractivity contribution is 6.31. The number of nitrogens with zero attached hydrogens (tertiary/aromatic N) is 3. The Labute approximate surface area is 120 Å². The molecule has 0 atom stereocenters. The van der Waals surface area contributed by atoms with E-state index in [-0.39, 0.29) is 17.3 Å². The smallest absolute Gasteiger partial charge is 0.353 e. The third-order valence-corrected chi connectivity index (χ3v) is 3.17. The summed E-state index contributed by atoms with van der Waals surface area (Å²) < 4.78 is 0. The first kappa shape index (κ1) is 14.0. The summed E-state index contributed by atoms with van der Waals surface area (Å²) in [6.07, 6.45) is 1.25. The average Bonchev–Trinajstić information content (AvgIpc) is 2.43. The molecule has 1 heterocycles. The minimum absolute atomic E-state index is 0.111. The van der Waals surface area contributed by atoms with Crippen molar-refractivity contribution in [1.29, 1.82) is 0 Å². The minimum atomic E-state index is -0.534. The Balaban J connectivity index is 2.48. The maximum Gasteiger partial charge on any atom is 0.353 e. The standard InChI is InChI=1S/C12H12ClN5O2/c1-7-8(13)4-3-5-9(7)17-12-10(18(19)20)11(14-2)15-6-16-12/h3-6H,1-2H3,(H2,14,15,16,17). The van der Waals surface area contributed by atoms with E-state index < -0.39 is 4.92 Å². The lowest BCUT2D eigenvalue weighted by Gasteiger charge is -2.11. The molecule has 0 bridgehead atoms. The van der Waals surface area contributed by atoms with Gasteiger partial charge in [0.2, 0.25) is 11.6 Å². The molecule has 0 radical (unpaired) electrons. The first-order valence-corrected chi connectivity index (χ1v) is 6.11. The molecule has 104 valence electrons. The van der Waals surface area contributed by atoms with Crippen LogP contribution in [0.2, 0.25) is 5.02 Å². The van der Waals surface area contributed by atoms with Crippen LogP contribution < -0.4 is 10.6 Å². The lowest BCUT2D eigenvalue weighted by atomic mass is 10.2. The van der Waals surface area contributed by atoms with Crippen LogP contribution in [0.4, 0.5) is 23.0 Å². The fraction of sp³-hybridized carbons (Fsp3) is 0.167. The zero-order valence-electron chi connectivity index (χ0n) is 10.8. The van der Waals surface area contributed by atoms with Crippen LogP contribution in [0.5, 0.6) is 0 Å². The molecular formula is C12H12ClN5O2. The number of nitro groups is 1. The van der Waals surface area contributed by atoms with Gasteiger partial charge in [-0.2, -0.15) is 0 Å². The summed E-state index contributed by atoms with van der Waals surface area (Å²) in [6.45, 7) is 1.82. The summed E-state index contributed by atoms with van der Waals surface area (Å²) in [6, 6.07) is 5.27. The van der Waals surface area contributed by atoms with Gasteiger partial charge in [0.1, 0.15) is 6.33 Å². The fourth-order valence-corrected chi connectivity index (χ4v) is 1.87. The summed E-state index contributed by atoms with van der Waals surface area (Å²) in [7, 11) is 1.56. The Bertz CT molecular complexity index is 662. The number of anilines is 3. The van der Waals surface area contributed by atoms with Gasteiger partial charge in [0.25, 0.3) is 0 Å². The summed E-state index contributed by atoms with van der Waals surface area (Å²) in [5.41, 5.74) is 1.23. The summed E-state index contributed by atoms with van der Waals surface area (Å²) in [5.74, 6) is 0.256. The van der Waals surface area contributed by atoms with Gasteiger partial charge in [-0.3, -0.25) is 10.1 Å². The summed E-state index contributed by atoms with van der Waals surface area (Å²) in [4.78, 5) is 18.4. The first-order valence-electron chi connectivity index (χ1n) is 5.74. The van der Waals surface area contributed by atoms with Crippen molar-refractivity contribution in [2.75, 3.05) is 17.7 Å². The van der Waals surface area contributed by atoms with Gasteiger partial charge in [0, 0.05) is 17.8 Å². The van der Waals surface area contributed by atoms with E-state index in [9.17, 15) is 10.1 Å². The van der Waals surface area contributed by atoms with Gasteiger partial charge in [-0.25, -0.2) is 9.97 Å². The molecule has 0 saturated heterocycles. The largest absolute Gasteiger partial charge is 0.367 e. The van der Waals surface area contributed by atoms with Crippen molar-refractivity contribution in [2.24, 2.45) is 0 Å². The van der Waals surface area contributed by atoms with Crippen molar-refractivity contribution >= 4 is 34.6 Å². The molecule has 8 heteroatoms. The molecule has 0 aliphatic carbocycles. The molecule has 0 unspecified atom stereocenters. The van der Waals surface area contributed by atoms with E-state index in [4.69, 9.17) is 11.6 Å². The minimum Gasteiger partial charge on any atom is -0.367 e. The second-order valence-corrected chi connectivity index (χ2v) is 4.37.